The van der Waals surface area contributed by atoms with Crippen molar-refractivity contribution in [3.05, 3.63) is 30.1 Å². The van der Waals surface area contributed by atoms with Crippen LogP contribution in [0.5, 0.6) is 0 Å². The second-order valence-electron chi connectivity index (χ2n) is 6.33. The summed E-state index contributed by atoms with van der Waals surface area (Å²) in [4.78, 5) is 25.9. The summed E-state index contributed by atoms with van der Waals surface area (Å²) in [7, 11) is -2.42. The van der Waals surface area contributed by atoms with E-state index in [1.807, 2.05) is 0 Å². The molecular formula is C17H23FN2O5S. The van der Waals surface area contributed by atoms with E-state index in [-0.39, 0.29) is 23.5 Å². The Hall–Kier alpha value is -2.16. The Labute approximate surface area is 152 Å². The van der Waals surface area contributed by atoms with E-state index in [0.717, 1.165) is 22.7 Å². The Morgan fingerprint density at radius 3 is 2.23 bits per heavy atom. The van der Waals surface area contributed by atoms with Crippen LogP contribution in [0.2, 0.25) is 0 Å². The SMILES string of the molecule is COC(=O)C1CCN(C(=O)[C@@H](C)N(c2ccc(F)cc2)S(C)(=O)=O)CC1. The van der Waals surface area contributed by atoms with Gasteiger partial charge in [-0.15, -0.1) is 0 Å². The quantitative estimate of drug-likeness (QED) is 0.714. The standard InChI is InChI=1S/C17H23FN2O5S/c1-12(16(21)19-10-8-13(9-11-19)17(22)25-2)20(26(3,23)24)15-6-4-14(18)5-7-15/h4-7,12-13H,8-11H2,1-3H3/t12-/m1/s1. The second kappa shape index (κ2) is 8.03. The van der Waals surface area contributed by atoms with Gasteiger partial charge in [0.25, 0.3) is 0 Å². The smallest absolute Gasteiger partial charge is 0.308 e. The van der Waals surface area contributed by atoms with Crippen LogP contribution in [0.15, 0.2) is 24.3 Å². The molecule has 0 unspecified atom stereocenters. The minimum Gasteiger partial charge on any atom is -0.469 e. The van der Waals surface area contributed by atoms with Crippen molar-refractivity contribution in [2.75, 3.05) is 30.8 Å². The Bertz CT molecular complexity index is 758. The first-order valence-electron chi connectivity index (χ1n) is 8.26. The third-order valence-corrected chi connectivity index (χ3v) is 5.73. The van der Waals surface area contributed by atoms with E-state index < -0.39 is 21.9 Å². The summed E-state index contributed by atoms with van der Waals surface area (Å²) >= 11 is 0. The largest absolute Gasteiger partial charge is 0.469 e. The number of hydrogen-bond acceptors (Lipinski definition) is 5. The highest BCUT2D eigenvalue weighted by Crippen LogP contribution is 2.24. The lowest BCUT2D eigenvalue weighted by Gasteiger charge is -2.36. The number of benzene rings is 1. The van der Waals surface area contributed by atoms with Gasteiger partial charge in [0.15, 0.2) is 0 Å². The third kappa shape index (κ3) is 4.51. The lowest BCUT2D eigenvalue weighted by molar-refractivity contribution is -0.149. The third-order valence-electron chi connectivity index (χ3n) is 4.49. The van der Waals surface area contributed by atoms with Crippen LogP contribution in [-0.2, 0) is 24.3 Å². The number of halogens is 1. The molecular weight excluding hydrogens is 363 g/mol. The summed E-state index contributed by atoms with van der Waals surface area (Å²) in [5.74, 6) is -1.40. The average molecular weight is 386 g/mol. The number of carbonyl (C=O) groups excluding carboxylic acids is 2. The molecule has 1 aromatic rings. The van der Waals surface area contributed by atoms with E-state index in [9.17, 15) is 22.4 Å². The maximum Gasteiger partial charge on any atom is 0.308 e. The van der Waals surface area contributed by atoms with Gasteiger partial charge in [0, 0.05) is 13.1 Å². The van der Waals surface area contributed by atoms with E-state index in [1.54, 1.807) is 4.90 Å². The average Bonchev–Trinajstić information content (AvgIpc) is 2.61. The van der Waals surface area contributed by atoms with E-state index in [0.29, 0.717) is 25.9 Å². The summed E-state index contributed by atoms with van der Waals surface area (Å²) in [6, 6.07) is 3.96. The van der Waals surface area contributed by atoms with Crippen molar-refractivity contribution in [2.24, 2.45) is 5.92 Å². The molecule has 1 fully saturated rings. The van der Waals surface area contributed by atoms with Crippen molar-refractivity contribution < 1.29 is 27.1 Å². The normalized spacial score (nSPS) is 16.8. The summed E-state index contributed by atoms with van der Waals surface area (Å²) < 4.78 is 43.3. The van der Waals surface area contributed by atoms with Crippen LogP contribution in [-0.4, -0.2) is 57.7 Å². The molecule has 7 nitrogen and oxygen atoms in total. The maximum atomic E-state index is 13.1. The topological polar surface area (TPSA) is 84.0 Å². The number of esters is 1. The van der Waals surface area contributed by atoms with E-state index in [4.69, 9.17) is 4.74 Å². The number of rotatable bonds is 5. The van der Waals surface area contributed by atoms with E-state index in [1.165, 1.54) is 26.2 Å². The molecule has 144 valence electrons. The van der Waals surface area contributed by atoms with Crippen molar-refractivity contribution in [3.8, 4) is 0 Å². The number of sulfonamides is 1. The molecule has 1 aromatic carbocycles. The van der Waals surface area contributed by atoms with Gasteiger partial charge in [-0.05, 0) is 44.0 Å². The minimum atomic E-state index is -3.75. The molecule has 0 radical (unpaired) electrons. The summed E-state index contributed by atoms with van der Waals surface area (Å²) in [6.07, 6.45) is 1.95. The first-order chi connectivity index (χ1) is 12.1. The lowest BCUT2D eigenvalue weighted by atomic mass is 9.96. The van der Waals surface area contributed by atoms with Crippen LogP contribution in [0.25, 0.3) is 0 Å². The number of nitrogens with zero attached hydrogens (tertiary/aromatic N) is 2. The van der Waals surface area contributed by atoms with Gasteiger partial charge < -0.3 is 9.64 Å². The molecule has 0 aliphatic carbocycles. The van der Waals surface area contributed by atoms with Gasteiger partial charge in [0.1, 0.15) is 11.9 Å². The summed E-state index contributed by atoms with van der Waals surface area (Å²) in [5, 5.41) is 0. The molecule has 1 saturated heterocycles. The van der Waals surface area contributed by atoms with Crippen LogP contribution in [0.1, 0.15) is 19.8 Å². The van der Waals surface area contributed by atoms with Gasteiger partial charge in [-0.2, -0.15) is 0 Å². The molecule has 1 aliphatic rings. The molecule has 0 saturated carbocycles. The second-order valence-corrected chi connectivity index (χ2v) is 8.19. The minimum absolute atomic E-state index is 0.221. The highest BCUT2D eigenvalue weighted by molar-refractivity contribution is 7.92. The van der Waals surface area contributed by atoms with Crippen LogP contribution in [0.3, 0.4) is 0 Å². The highest BCUT2D eigenvalue weighted by atomic mass is 32.2. The zero-order valence-corrected chi connectivity index (χ0v) is 15.8. The van der Waals surface area contributed by atoms with Crippen molar-refractivity contribution >= 4 is 27.6 Å². The zero-order chi connectivity index (χ0) is 19.5. The first-order valence-corrected chi connectivity index (χ1v) is 10.1. The number of ether oxygens (including phenoxy) is 1. The molecule has 9 heteroatoms. The van der Waals surface area contributed by atoms with Gasteiger partial charge in [0.2, 0.25) is 15.9 Å². The number of likely N-dealkylation sites (tertiary alicyclic amines) is 1. The highest BCUT2D eigenvalue weighted by Gasteiger charge is 2.35. The molecule has 1 amide bonds. The number of amides is 1. The number of carbonyl (C=O) groups is 2. The number of anilines is 1. The van der Waals surface area contributed by atoms with E-state index >= 15 is 0 Å². The van der Waals surface area contributed by atoms with Crippen LogP contribution in [0, 0.1) is 11.7 Å². The Kier molecular flexibility index (Phi) is 6.22. The van der Waals surface area contributed by atoms with Crippen LogP contribution < -0.4 is 4.31 Å². The van der Waals surface area contributed by atoms with Crippen LogP contribution >= 0.6 is 0 Å². The Morgan fingerprint density at radius 1 is 1.23 bits per heavy atom. The monoisotopic (exact) mass is 386 g/mol. The molecule has 1 atom stereocenters. The molecule has 26 heavy (non-hydrogen) atoms. The molecule has 0 spiro atoms. The fraction of sp³-hybridized carbons (Fsp3) is 0.529. The summed E-state index contributed by atoms with van der Waals surface area (Å²) in [6.45, 7) is 2.20. The zero-order valence-electron chi connectivity index (χ0n) is 15.0. The number of piperidine rings is 1. The van der Waals surface area contributed by atoms with Gasteiger partial charge in [0.05, 0.1) is 25.0 Å². The summed E-state index contributed by atoms with van der Waals surface area (Å²) in [5.41, 5.74) is 0.221. The lowest BCUT2D eigenvalue weighted by Crippen LogP contribution is -2.51. The molecule has 1 heterocycles. The predicted molar refractivity (Wildman–Crippen MR) is 94.5 cm³/mol. The molecule has 0 N–H and O–H groups in total. The molecule has 0 aromatic heterocycles. The Balaban J connectivity index is 2.16. The van der Waals surface area contributed by atoms with Gasteiger partial charge >= 0.3 is 5.97 Å². The number of methoxy groups -OCH3 is 1. The molecule has 2 rings (SSSR count). The Morgan fingerprint density at radius 2 is 1.77 bits per heavy atom. The molecule has 1 aliphatic heterocycles. The van der Waals surface area contributed by atoms with E-state index in [2.05, 4.69) is 0 Å². The predicted octanol–water partition coefficient (Wildman–Crippen LogP) is 1.39. The fourth-order valence-electron chi connectivity index (χ4n) is 3.16. The van der Waals surface area contributed by atoms with Crippen LogP contribution in [0.4, 0.5) is 10.1 Å². The van der Waals surface area contributed by atoms with Crippen molar-refractivity contribution in [1.82, 2.24) is 4.90 Å². The van der Waals surface area contributed by atoms with Crippen molar-refractivity contribution in [3.63, 3.8) is 0 Å². The van der Waals surface area contributed by atoms with Gasteiger partial charge in [-0.3, -0.25) is 13.9 Å². The van der Waals surface area contributed by atoms with Crippen molar-refractivity contribution in [1.29, 1.82) is 0 Å². The fourth-order valence-corrected chi connectivity index (χ4v) is 4.33. The van der Waals surface area contributed by atoms with Gasteiger partial charge in [-0.1, -0.05) is 0 Å². The van der Waals surface area contributed by atoms with Crippen molar-refractivity contribution in [2.45, 2.75) is 25.8 Å². The maximum absolute atomic E-state index is 13.1. The van der Waals surface area contributed by atoms with Gasteiger partial charge in [-0.25, -0.2) is 12.8 Å². The number of hydrogen-bond donors (Lipinski definition) is 0. The first kappa shape index (κ1) is 20.2. The molecule has 0 bridgehead atoms.